The van der Waals surface area contributed by atoms with E-state index in [0.717, 1.165) is 38.4 Å². The summed E-state index contributed by atoms with van der Waals surface area (Å²) < 4.78 is 0. The number of carbonyl (C=O) groups is 1. The molecule has 0 bridgehead atoms. The first kappa shape index (κ1) is 14.6. The molecule has 0 aromatic heterocycles. The van der Waals surface area contributed by atoms with Gasteiger partial charge in [-0.25, -0.2) is 0 Å². The molecule has 114 valence electrons. The second-order valence-electron chi connectivity index (χ2n) is 5.56. The minimum Gasteiger partial charge on any atom is -0.369 e. The first-order valence-electron chi connectivity index (χ1n) is 7.66. The highest BCUT2D eigenvalue weighted by Crippen LogP contribution is 2.19. The van der Waals surface area contributed by atoms with Crippen molar-refractivity contribution in [2.45, 2.75) is 6.54 Å². The molecule has 1 saturated heterocycles. The monoisotopic (exact) mass is 295 g/mol. The number of benzene rings is 2. The van der Waals surface area contributed by atoms with Crippen molar-refractivity contribution < 1.29 is 4.79 Å². The van der Waals surface area contributed by atoms with E-state index in [2.05, 4.69) is 57.6 Å². The summed E-state index contributed by atoms with van der Waals surface area (Å²) in [6, 6.07) is 18.7. The van der Waals surface area contributed by atoms with Gasteiger partial charge in [-0.05, 0) is 29.8 Å². The van der Waals surface area contributed by atoms with Gasteiger partial charge in [0.2, 0.25) is 6.41 Å². The lowest BCUT2D eigenvalue weighted by molar-refractivity contribution is -0.105. The maximum Gasteiger partial charge on any atom is 0.211 e. The van der Waals surface area contributed by atoms with Crippen molar-refractivity contribution in [3.05, 3.63) is 60.2 Å². The maximum atomic E-state index is 10.4. The zero-order valence-electron chi connectivity index (χ0n) is 12.6. The fraction of sp³-hybridized carbons (Fsp3) is 0.278. The highest BCUT2D eigenvalue weighted by molar-refractivity contribution is 5.72. The van der Waals surface area contributed by atoms with Gasteiger partial charge in [0, 0.05) is 44.1 Å². The second kappa shape index (κ2) is 7.09. The van der Waals surface area contributed by atoms with Crippen molar-refractivity contribution >= 4 is 17.8 Å². The Morgan fingerprint density at radius 2 is 1.59 bits per heavy atom. The van der Waals surface area contributed by atoms with E-state index < -0.39 is 0 Å². The summed E-state index contributed by atoms with van der Waals surface area (Å²) in [6.07, 6.45) is 0.706. The molecule has 0 aliphatic carbocycles. The minimum absolute atomic E-state index is 0.706. The molecule has 1 aliphatic rings. The molecule has 0 spiro atoms. The lowest BCUT2D eigenvalue weighted by atomic mass is 10.2. The lowest BCUT2D eigenvalue weighted by Gasteiger charge is -2.36. The summed E-state index contributed by atoms with van der Waals surface area (Å²) in [5.74, 6) is 0. The van der Waals surface area contributed by atoms with Gasteiger partial charge in [0.15, 0.2) is 0 Å². The molecule has 1 fully saturated rings. The molecular weight excluding hydrogens is 274 g/mol. The molecule has 3 rings (SSSR count). The highest BCUT2D eigenvalue weighted by atomic mass is 16.1. The fourth-order valence-corrected chi connectivity index (χ4v) is 2.84. The van der Waals surface area contributed by atoms with Crippen molar-refractivity contribution in [1.29, 1.82) is 0 Å². The molecule has 4 heteroatoms. The normalized spacial score (nSPS) is 15.5. The third-order valence-corrected chi connectivity index (χ3v) is 4.08. The van der Waals surface area contributed by atoms with Crippen LogP contribution in [0, 0.1) is 0 Å². The highest BCUT2D eigenvalue weighted by Gasteiger charge is 2.17. The number of anilines is 2. The number of amides is 1. The number of piperazine rings is 1. The van der Waals surface area contributed by atoms with Crippen LogP contribution in [0.2, 0.25) is 0 Å². The van der Waals surface area contributed by atoms with Crippen molar-refractivity contribution in [1.82, 2.24) is 4.90 Å². The van der Waals surface area contributed by atoms with Gasteiger partial charge in [-0.15, -0.1) is 0 Å². The molecule has 2 aromatic carbocycles. The third-order valence-electron chi connectivity index (χ3n) is 4.08. The molecule has 1 amide bonds. The fourth-order valence-electron chi connectivity index (χ4n) is 2.84. The summed E-state index contributed by atoms with van der Waals surface area (Å²) in [7, 11) is 0. The van der Waals surface area contributed by atoms with Gasteiger partial charge < -0.3 is 10.2 Å². The quantitative estimate of drug-likeness (QED) is 0.861. The molecule has 1 aliphatic heterocycles. The first-order valence-corrected chi connectivity index (χ1v) is 7.66. The van der Waals surface area contributed by atoms with E-state index in [1.165, 1.54) is 11.3 Å². The number of hydrogen-bond donors (Lipinski definition) is 1. The van der Waals surface area contributed by atoms with Crippen molar-refractivity contribution in [3.8, 4) is 0 Å². The van der Waals surface area contributed by atoms with E-state index in [0.29, 0.717) is 6.41 Å². The van der Waals surface area contributed by atoms with E-state index in [4.69, 9.17) is 0 Å². The molecule has 22 heavy (non-hydrogen) atoms. The van der Waals surface area contributed by atoms with Gasteiger partial charge in [0.05, 0.1) is 0 Å². The zero-order valence-corrected chi connectivity index (χ0v) is 12.6. The summed E-state index contributed by atoms with van der Waals surface area (Å²) >= 11 is 0. The van der Waals surface area contributed by atoms with Crippen LogP contribution in [0.25, 0.3) is 0 Å². The van der Waals surface area contributed by atoms with Crippen LogP contribution < -0.4 is 10.2 Å². The smallest absolute Gasteiger partial charge is 0.211 e. The molecule has 4 nitrogen and oxygen atoms in total. The average molecular weight is 295 g/mol. The summed E-state index contributed by atoms with van der Waals surface area (Å²) in [4.78, 5) is 15.3. The van der Waals surface area contributed by atoms with Gasteiger partial charge in [-0.1, -0.05) is 30.3 Å². The third kappa shape index (κ3) is 3.65. The van der Waals surface area contributed by atoms with Crippen LogP contribution in [0.1, 0.15) is 5.56 Å². The Morgan fingerprint density at radius 1 is 0.909 bits per heavy atom. The van der Waals surface area contributed by atoms with Crippen LogP contribution >= 0.6 is 0 Å². The Morgan fingerprint density at radius 3 is 2.23 bits per heavy atom. The summed E-state index contributed by atoms with van der Waals surface area (Å²) in [5.41, 5.74) is 3.43. The number of nitrogens with zero attached hydrogens (tertiary/aromatic N) is 2. The maximum absolute atomic E-state index is 10.4. The Bertz CT molecular complexity index is 589. The van der Waals surface area contributed by atoms with E-state index in [9.17, 15) is 4.79 Å². The molecule has 1 heterocycles. The van der Waals surface area contributed by atoms with Gasteiger partial charge >= 0.3 is 0 Å². The van der Waals surface area contributed by atoms with Gasteiger partial charge in [0.1, 0.15) is 0 Å². The molecule has 0 radical (unpaired) electrons. The predicted molar refractivity (Wildman–Crippen MR) is 90.1 cm³/mol. The van der Waals surface area contributed by atoms with E-state index in [-0.39, 0.29) is 0 Å². The predicted octanol–water partition coefficient (Wildman–Crippen LogP) is 2.58. The van der Waals surface area contributed by atoms with Gasteiger partial charge in [-0.2, -0.15) is 0 Å². The largest absolute Gasteiger partial charge is 0.369 e. The molecule has 0 unspecified atom stereocenters. The standard InChI is InChI=1S/C18H21N3O/c22-15-19-17-6-8-18(9-7-17)21-12-10-20(11-13-21)14-16-4-2-1-3-5-16/h1-9,15H,10-14H2,(H,19,22). The SMILES string of the molecule is O=CNc1ccc(N2CCN(Cc3ccccc3)CC2)cc1. The van der Waals surface area contributed by atoms with Crippen LogP contribution in [0.4, 0.5) is 11.4 Å². The van der Waals surface area contributed by atoms with E-state index in [1.54, 1.807) is 0 Å². The number of nitrogens with one attached hydrogen (secondary N) is 1. The minimum atomic E-state index is 0.706. The Kier molecular flexibility index (Phi) is 4.71. The average Bonchev–Trinajstić information content (AvgIpc) is 2.58. The Labute approximate surface area is 131 Å². The Hall–Kier alpha value is -2.33. The van der Waals surface area contributed by atoms with Crippen LogP contribution in [-0.4, -0.2) is 37.5 Å². The van der Waals surface area contributed by atoms with Crippen molar-refractivity contribution in [2.24, 2.45) is 0 Å². The van der Waals surface area contributed by atoms with Gasteiger partial charge in [-0.3, -0.25) is 9.69 Å². The van der Waals surface area contributed by atoms with Gasteiger partial charge in [0.25, 0.3) is 0 Å². The van der Waals surface area contributed by atoms with Crippen molar-refractivity contribution in [2.75, 3.05) is 36.4 Å². The summed E-state index contributed by atoms with van der Waals surface area (Å²) in [6.45, 7) is 5.24. The van der Waals surface area contributed by atoms with Crippen molar-refractivity contribution in [3.63, 3.8) is 0 Å². The number of hydrogen-bond acceptors (Lipinski definition) is 3. The van der Waals surface area contributed by atoms with E-state index in [1.807, 2.05) is 12.1 Å². The molecule has 1 N–H and O–H groups in total. The Balaban J connectivity index is 1.54. The van der Waals surface area contributed by atoms with E-state index >= 15 is 0 Å². The number of carbonyl (C=O) groups excluding carboxylic acids is 1. The van der Waals surface area contributed by atoms with Crippen LogP contribution in [0.15, 0.2) is 54.6 Å². The van der Waals surface area contributed by atoms with Crippen LogP contribution in [0.5, 0.6) is 0 Å². The second-order valence-corrected chi connectivity index (χ2v) is 5.56. The lowest BCUT2D eigenvalue weighted by Crippen LogP contribution is -2.45. The molecule has 2 aromatic rings. The number of rotatable bonds is 5. The topological polar surface area (TPSA) is 35.6 Å². The molecule has 0 saturated carbocycles. The first-order chi connectivity index (χ1) is 10.8. The zero-order chi connectivity index (χ0) is 15.2. The summed E-state index contributed by atoms with van der Waals surface area (Å²) in [5, 5.41) is 2.66. The molecule has 0 atom stereocenters. The van der Waals surface area contributed by atoms with Crippen LogP contribution in [-0.2, 0) is 11.3 Å². The van der Waals surface area contributed by atoms with Crippen LogP contribution in [0.3, 0.4) is 0 Å². The molecular formula is C18H21N3O.